The smallest absolute Gasteiger partial charge is 0.140 e. The van der Waals surface area contributed by atoms with Gasteiger partial charge in [0.2, 0.25) is 0 Å². The topological polar surface area (TPSA) is 46.5 Å². The molecule has 0 bridgehead atoms. The molecule has 4 aromatic heterocycles. The fourth-order valence-electron chi connectivity index (χ4n) is 3.34. The predicted octanol–water partition coefficient (Wildman–Crippen LogP) is 4.39. The lowest BCUT2D eigenvalue weighted by Crippen LogP contribution is -1.88. The van der Waals surface area contributed by atoms with Crippen LogP contribution in [-0.2, 0) is 7.05 Å². The van der Waals surface area contributed by atoms with E-state index in [1.54, 1.807) is 0 Å². The second-order valence-electron chi connectivity index (χ2n) is 5.36. The number of aromatic amines is 1. The van der Waals surface area contributed by atoms with Gasteiger partial charge in [-0.05, 0) is 24.3 Å². The molecule has 4 nitrogen and oxygen atoms in total. The lowest BCUT2D eigenvalue weighted by Gasteiger charge is -1.97. The molecule has 0 amide bonds. The summed E-state index contributed by atoms with van der Waals surface area (Å²) in [6.07, 6.45) is 5.56. The molecule has 0 unspecified atom stereocenters. The second-order valence-corrected chi connectivity index (χ2v) is 5.36. The fourth-order valence-corrected chi connectivity index (χ4v) is 3.34. The van der Waals surface area contributed by atoms with Crippen molar-refractivity contribution in [1.29, 1.82) is 0 Å². The van der Waals surface area contributed by atoms with Crippen LogP contribution in [0.3, 0.4) is 0 Å². The second kappa shape index (κ2) is 4.31. The molecule has 1 N–H and O–H groups in total. The van der Waals surface area contributed by atoms with Gasteiger partial charge in [-0.2, -0.15) is 0 Å². The zero-order chi connectivity index (χ0) is 14.0. The van der Waals surface area contributed by atoms with Crippen molar-refractivity contribution >= 4 is 43.7 Å². The third-order valence-corrected chi connectivity index (χ3v) is 4.29. The van der Waals surface area contributed by atoms with Crippen molar-refractivity contribution in [1.82, 2.24) is 19.5 Å². The first-order chi connectivity index (χ1) is 10.3. The number of aromatic nitrogens is 4. The van der Waals surface area contributed by atoms with E-state index in [0.717, 1.165) is 16.7 Å². The quantitative estimate of drug-likeness (QED) is 0.459. The summed E-state index contributed by atoms with van der Waals surface area (Å²) >= 11 is 0. The molecular weight excluding hydrogens is 272 g/mol. The largest absolute Gasteiger partial charge is 0.353 e. The van der Waals surface area contributed by atoms with Crippen LogP contribution in [-0.4, -0.2) is 19.5 Å². The SMILES string of the molecule is C.Cn1c2ccc3c4ccncc4[nH]c3c2c2cccnc21. The Morgan fingerprint density at radius 1 is 1.00 bits per heavy atom. The molecule has 1 aromatic carbocycles. The molecule has 108 valence electrons. The lowest BCUT2D eigenvalue weighted by atomic mass is 10.1. The Hall–Kier alpha value is -2.88. The number of pyridine rings is 2. The standard InChI is InChI=1S/C17H12N4.CH4/c1-21-14-5-4-11-10-6-8-18-9-13(10)20-16(11)15(14)12-3-2-7-19-17(12)21;/h2-9,20H,1H3;1H4. The Labute approximate surface area is 127 Å². The lowest BCUT2D eigenvalue weighted by molar-refractivity contribution is 0.990. The Bertz CT molecular complexity index is 1150. The van der Waals surface area contributed by atoms with E-state index in [9.17, 15) is 0 Å². The molecule has 0 saturated carbocycles. The van der Waals surface area contributed by atoms with Crippen molar-refractivity contribution in [3.05, 3.63) is 48.9 Å². The normalized spacial score (nSPS) is 11.5. The van der Waals surface area contributed by atoms with Crippen molar-refractivity contribution in [3.63, 3.8) is 0 Å². The van der Waals surface area contributed by atoms with Gasteiger partial charge in [0.15, 0.2) is 0 Å². The summed E-state index contributed by atoms with van der Waals surface area (Å²) in [6, 6.07) is 10.5. The Morgan fingerprint density at radius 2 is 1.91 bits per heavy atom. The van der Waals surface area contributed by atoms with Crippen LogP contribution in [0, 0.1) is 0 Å². The summed E-state index contributed by atoms with van der Waals surface area (Å²) in [7, 11) is 2.06. The minimum atomic E-state index is 0. The summed E-state index contributed by atoms with van der Waals surface area (Å²) < 4.78 is 2.15. The zero-order valence-corrected chi connectivity index (χ0v) is 11.5. The highest BCUT2D eigenvalue weighted by molar-refractivity contribution is 6.24. The minimum absolute atomic E-state index is 0. The van der Waals surface area contributed by atoms with E-state index in [1.165, 1.54) is 27.1 Å². The van der Waals surface area contributed by atoms with E-state index in [4.69, 9.17) is 0 Å². The number of H-pyrrole nitrogens is 1. The minimum Gasteiger partial charge on any atom is -0.353 e. The van der Waals surface area contributed by atoms with E-state index >= 15 is 0 Å². The van der Waals surface area contributed by atoms with Crippen LogP contribution >= 0.6 is 0 Å². The van der Waals surface area contributed by atoms with Gasteiger partial charge in [0.25, 0.3) is 0 Å². The number of hydrogen-bond donors (Lipinski definition) is 1. The van der Waals surface area contributed by atoms with Gasteiger partial charge in [-0.25, -0.2) is 4.98 Å². The molecule has 0 atom stereocenters. The molecule has 0 saturated heterocycles. The van der Waals surface area contributed by atoms with Crippen molar-refractivity contribution in [2.75, 3.05) is 0 Å². The first kappa shape index (κ1) is 12.8. The summed E-state index contributed by atoms with van der Waals surface area (Å²) in [5, 5.41) is 4.86. The van der Waals surface area contributed by atoms with Crippen molar-refractivity contribution in [2.24, 2.45) is 7.05 Å². The van der Waals surface area contributed by atoms with Gasteiger partial charge in [-0.15, -0.1) is 0 Å². The zero-order valence-electron chi connectivity index (χ0n) is 11.5. The van der Waals surface area contributed by atoms with Crippen LogP contribution in [0.2, 0.25) is 0 Å². The number of nitrogens with one attached hydrogen (secondary N) is 1. The molecule has 0 radical (unpaired) electrons. The van der Waals surface area contributed by atoms with Crippen molar-refractivity contribution < 1.29 is 0 Å². The highest BCUT2D eigenvalue weighted by Gasteiger charge is 2.14. The number of aryl methyl sites for hydroxylation is 1. The van der Waals surface area contributed by atoms with E-state index in [2.05, 4.69) is 50.8 Å². The number of benzene rings is 1. The summed E-state index contributed by atoms with van der Waals surface area (Å²) in [5.41, 5.74) is 4.43. The summed E-state index contributed by atoms with van der Waals surface area (Å²) in [4.78, 5) is 12.2. The third-order valence-electron chi connectivity index (χ3n) is 4.29. The summed E-state index contributed by atoms with van der Waals surface area (Å²) in [5.74, 6) is 0. The molecule has 0 spiro atoms. The molecule has 22 heavy (non-hydrogen) atoms. The predicted molar refractivity (Wildman–Crippen MR) is 92.1 cm³/mol. The molecule has 4 heterocycles. The van der Waals surface area contributed by atoms with E-state index < -0.39 is 0 Å². The Kier molecular flexibility index (Phi) is 2.51. The maximum absolute atomic E-state index is 4.52. The van der Waals surface area contributed by atoms with Crippen LogP contribution in [0.5, 0.6) is 0 Å². The molecule has 4 heteroatoms. The molecule has 5 rings (SSSR count). The van der Waals surface area contributed by atoms with Crippen LogP contribution in [0.15, 0.2) is 48.9 Å². The monoisotopic (exact) mass is 288 g/mol. The number of hydrogen-bond acceptors (Lipinski definition) is 2. The first-order valence-electron chi connectivity index (χ1n) is 6.92. The highest BCUT2D eigenvalue weighted by atomic mass is 15.0. The Balaban J connectivity index is 0.00000125. The number of rotatable bonds is 0. The number of nitrogens with zero attached hydrogens (tertiary/aromatic N) is 3. The third kappa shape index (κ3) is 1.41. The van der Waals surface area contributed by atoms with Crippen LogP contribution in [0.1, 0.15) is 7.43 Å². The molecule has 5 aromatic rings. The van der Waals surface area contributed by atoms with Gasteiger partial charge in [-0.3, -0.25) is 4.98 Å². The van der Waals surface area contributed by atoms with Gasteiger partial charge in [0.05, 0.1) is 22.7 Å². The van der Waals surface area contributed by atoms with Crippen molar-refractivity contribution in [3.8, 4) is 0 Å². The van der Waals surface area contributed by atoms with E-state index in [-0.39, 0.29) is 7.43 Å². The van der Waals surface area contributed by atoms with E-state index in [1.807, 2.05) is 24.7 Å². The molecule has 0 aliphatic carbocycles. The van der Waals surface area contributed by atoms with Gasteiger partial charge >= 0.3 is 0 Å². The first-order valence-corrected chi connectivity index (χ1v) is 6.92. The fraction of sp³-hybridized carbons (Fsp3) is 0.111. The van der Waals surface area contributed by atoms with Gasteiger partial charge in [0.1, 0.15) is 5.65 Å². The Morgan fingerprint density at radius 3 is 2.82 bits per heavy atom. The van der Waals surface area contributed by atoms with Crippen LogP contribution in [0.25, 0.3) is 43.7 Å². The maximum atomic E-state index is 4.52. The summed E-state index contributed by atoms with van der Waals surface area (Å²) in [6.45, 7) is 0. The van der Waals surface area contributed by atoms with Crippen molar-refractivity contribution in [2.45, 2.75) is 7.43 Å². The molecule has 0 fully saturated rings. The molecular formula is C18H16N4. The van der Waals surface area contributed by atoms with E-state index in [0.29, 0.717) is 0 Å². The highest BCUT2D eigenvalue weighted by Crippen LogP contribution is 2.35. The van der Waals surface area contributed by atoms with Gasteiger partial charge in [0, 0.05) is 41.0 Å². The molecule has 0 aliphatic heterocycles. The maximum Gasteiger partial charge on any atom is 0.140 e. The van der Waals surface area contributed by atoms with Gasteiger partial charge < -0.3 is 9.55 Å². The molecule has 0 aliphatic rings. The van der Waals surface area contributed by atoms with Crippen LogP contribution in [0.4, 0.5) is 0 Å². The van der Waals surface area contributed by atoms with Crippen LogP contribution < -0.4 is 0 Å². The number of fused-ring (bicyclic) bond motifs is 7. The average Bonchev–Trinajstić information content (AvgIpc) is 3.04. The average molecular weight is 288 g/mol. The van der Waals surface area contributed by atoms with Gasteiger partial charge in [-0.1, -0.05) is 13.5 Å².